The SMILES string of the molecule is CCCCC/C=C\C/C=C\C/C=C\C/C=C\CCCCCCCCCC(=O)NCCOP(=O)(O)OCC(O)COC(=O)CCCCC. The Labute approximate surface area is 285 Å². The molecule has 272 valence electrons. The number of phosphoric ester groups is 1. The molecule has 10 heteroatoms. The number of aliphatic hydroxyl groups excluding tert-OH is 1. The molecule has 3 N–H and O–H groups in total. The number of amides is 1. The van der Waals surface area contributed by atoms with Gasteiger partial charge >= 0.3 is 13.8 Å². The Morgan fingerprint density at radius 3 is 1.74 bits per heavy atom. The van der Waals surface area contributed by atoms with Crippen molar-refractivity contribution >= 4 is 19.7 Å². The van der Waals surface area contributed by atoms with E-state index < -0.39 is 26.5 Å². The first-order valence-corrected chi connectivity index (χ1v) is 19.6. The summed E-state index contributed by atoms with van der Waals surface area (Å²) in [5.41, 5.74) is 0. The van der Waals surface area contributed by atoms with Gasteiger partial charge in [0.15, 0.2) is 0 Å². The predicted molar refractivity (Wildman–Crippen MR) is 192 cm³/mol. The molecule has 0 rings (SSSR count). The van der Waals surface area contributed by atoms with Crippen LogP contribution in [0.3, 0.4) is 0 Å². The molecule has 0 aromatic carbocycles. The van der Waals surface area contributed by atoms with Crippen molar-refractivity contribution in [1.82, 2.24) is 5.32 Å². The van der Waals surface area contributed by atoms with Crippen LogP contribution < -0.4 is 5.32 Å². The van der Waals surface area contributed by atoms with E-state index in [1.807, 2.05) is 6.92 Å². The maximum Gasteiger partial charge on any atom is 0.472 e. The number of carbonyl (C=O) groups is 2. The van der Waals surface area contributed by atoms with Crippen LogP contribution in [-0.4, -0.2) is 54.3 Å². The normalized spacial score (nSPS) is 14.0. The van der Waals surface area contributed by atoms with Crippen LogP contribution >= 0.6 is 7.82 Å². The highest BCUT2D eigenvalue weighted by Gasteiger charge is 2.23. The molecule has 0 fully saturated rings. The maximum atomic E-state index is 12.0. The number of hydrogen-bond donors (Lipinski definition) is 3. The van der Waals surface area contributed by atoms with Crippen LogP contribution in [0.25, 0.3) is 0 Å². The van der Waals surface area contributed by atoms with Gasteiger partial charge in [0.1, 0.15) is 12.7 Å². The Morgan fingerprint density at radius 1 is 0.660 bits per heavy atom. The van der Waals surface area contributed by atoms with Crippen molar-refractivity contribution in [1.29, 1.82) is 0 Å². The third-order valence-electron chi connectivity index (χ3n) is 7.26. The summed E-state index contributed by atoms with van der Waals surface area (Å²) in [6, 6.07) is 0. The summed E-state index contributed by atoms with van der Waals surface area (Å²) in [5, 5.41) is 12.5. The lowest BCUT2D eigenvalue weighted by atomic mass is 10.1. The Morgan fingerprint density at radius 2 is 1.15 bits per heavy atom. The van der Waals surface area contributed by atoms with E-state index in [0.717, 1.165) is 57.8 Å². The molecule has 47 heavy (non-hydrogen) atoms. The quantitative estimate of drug-likeness (QED) is 0.0270. The zero-order chi connectivity index (χ0) is 34.7. The van der Waals surface area contributed by atoms with Gasteiger partial charge in [0, 0.05) is 19.4 Å². The second-order valence-corrected chi connectivity index (χ2v) is 13.3. The topological polar surface area (TPSA) is 131 Å². The van der Waals surface area contributed by atoms with Crippen molar-refractivity contribution in [3.05, 3.63) is 48.6 Å². The first-order valence-electron chi connectivity index (χ1n) is 18.1. The van der Waals surface area contributed by atoms with Crippen molar-refractivity contribution < 1.29 is 37.9 Å². The second-order valence-electron chi connectivity index (χ2n) is 11.8. The van der Waals surface area contributed by atoms with Crippen LogP contribution in [0.15, 0.2) is 48.6 Å². The zero-order valence-electron chi connectivity index (χ0n) is 29.5. The molecule has 0 saturated heterocycles. The summed E-state index contributed by atoms with van der Waals surface area (Å²) in [6.45, 7) is 3.28. The van der Waals surface area contributed by atoms with E-state index in [1.165, 1.54) is 51.4 Å². The molecular weight excluding hydrogens is 617 g/mol. The van der Waals surface area contributed by atoms with Gasteiger partial charge in [0.2, 0.25) is 5.91 Å². The summed E-state index contributed by atoms with van der Waals surface area (Å²) in [4.78, 5) is 33.3. The van der Waals surface area contributed by atoms with Crippen LogP contribution in [-0.2, 0) is 27.9 Å². The molecule has 9 nitrogen and oxygen atoms in total. The van der Waals surface area contributed by atoms with E-state index in [2.05, 4.69) is 60.8 Å². The highest BCUT2D eigenvalue weighted by molar-refractivity contribution is 7.47. The van der Waals surface area contributed by atoms with Crippen molar-refractivity contribution in [2.24, 2.45) is 0 Å². The highest BCUT2D eigenvalue weighted by atomic mass is 31.2. The number of hydrogen-bond acceptors (Lipinski definition) is 7. The van der Waals surface area contributed by atoms with E-state index >= 15 is 0 Å². The maximum absolute atomic E-state index is 12.0. The number of unbranched alkanes of at least 4 members (excludes halogenated alkanes) is 12. The number of rotatable bonds is 33. The predicted octanol–water partition coefficient (Wildman–Crippen LogP) is 9.21. The largest absolute Gasteiger partial charge is 0.472 e. The monoisotopic (exact) mass is 683 g/mol. The highest BCUT2D eigenvalue weighted by Crippen LogP contribution is 2.42. The molecule has 2 atom stereocenters. The van der Waals surface area contributed by atoms with Gasteiger partial charge < -0.3 is 20.1 Å². The molecule has 0 aliphatic rings. The second kappa shape index (κ2) is 33.9. The smallest absolute Gasteiger partial charge is 0.463 e. The van der Waals surface area contributed by atoms with Crippen LogP contribution in [0, 0.1) is 0 Å². The summed E-state index contributed by atoms with van der Waals surface area (Å²) >= 11 is 0. The van der Waals surface area contributed by atoms with Gasteiger partial charge in [-0.05, 0) is 57.8 Å². The van der Waals surface area contributed by atoms with E-state index in [9.17, 15) is 24.2 Å². The number of ether oxygens (including phenoxy) is 1. The Kier molecular flexibility index (Phi) is 32.4. The zero-order valence-corrected chi connectivity index (χ0v) is 30.4. The van der Waals surface area contributed by atoms with Crippen LogP contribution in [0.5, 0.6) is 0 Å². The summed E-state index contributed by atoms with van der Waals surface area (Å²) in [7, 11) is -4.40. The van der Waals surface area contributed by atoms with Crippen molar-refractivity contribution in [3.8, 4) is 0 Å². The summed E-state index contributed by atoms with van der Waals surface area (Å²) < 4.78 is 26.4. The Bertz CT molecular complexity index is 918. The minimum atomic E-state index is -4.40. The molecule has 1 amide bonds. The van der Waals surface area contributed by atoms with Gasteiger partial charge in [-0.1, -0.05) is 120 Å². The van der Waals surface area contributed by atoms with Gasteiger partial charge in [-0.2, -0.15) is 0 Å². The van der Waals surface area contributed by atoms with Gasteiger partial charge in [-0.15, -0.1) is 0 Å². The first kappa shape index (κ1) is 45.0. The molecule has 0 aromatic heterocycles. The number of phosphoric acid groups is 1. The van der Waals surface area contributed by atoms with Gasteiger partial charge in [-0.3, -0.25) is 18.6 Å². The molecule has 0 aliphatic heterocycles. The Balaban J connectivity index is 3.59. The number of carbonyl (C=O) groups excluding carboxylic acids is 2. The lowest BCUT2D eigenvalue weighted by Crippen LogP contribution is -2.27. The minimum Gasteiger partial charge on any atom is -0.463 e. The van der Waals surface area contributed by atoms with E-state index in [1.54, 1.807) is 0 Å². The molecule has 0 heterocycles. The number of aliphatic hydroxyl groups is 1. The average Bonchev–Trinajstić information content (AvgIpc) is 3.05. The number of allylic oxidation sites excluding steroid dienone is 8. The van der Waals surface area contributed by atoms with Crippen molar-refractivity contribution in [2.45, 2.75) is 148 Å². The molecule has 0 aliphatic carbocycles. The van der Waals surface area contributed by atoms with E-state index in [4.69, 9.17) is 13.8 Å². The molecule has 2 unspecified atom stereocenters. The minimum absolute atomic E-state index is 0.0735. The van der Waals surface area contributed by atoms with Crippen LogP contribution in [0.1, 0.15) is 142 Å². The lowest BCUT2D eigenvalue weighted by Gasteiger charge is -2.15. The molecule has 0 spiro atoms. The van der Waals surface area contributed by atoms with Crippen molar-refractivity contribution in [2.75, 3.05) is 26.4 Å². The lowest BCUT2D eigenvalue weighted by molar-refractivity contribution is -0.147. The number of esters is 1. The standard InChI is InChI=1S/C37H66NO8P/c1-3-5-7-8-9-10-11-12-13-14-15-16-17-18-19-20-21-22-23-24-25-26-28-29-36(40)38-31-32-45-47(42,43)46-34-35(39)33-44-37(41)30-27-6-4-2/h9-10,12-13,15-16,18-19,35,39H,3-8,11,14,17,20-34H2,1-2H3,(H,38,40)(H,42,43)/b10-9-,13-12-,16-15-,19-18-. The summed E-state index contributed by atoms with van der Waals surface area (Å²) in [5.74, 6) is -0.557. The fraction of sp³-hybridized carbons (Fsp3) is 0.730. The van der Waals surface area contributed by atoms with E-state index in [0.29, 0.717) is 12.8 Å². The fourth-order valence-electron chi connectivity index (χ4n) is 4.48. The average molecular weight is 684 g/mol. The van der Waals surface area contributed by atoms with Crippen molar-refractivity contribution in [3.63, 3.8) is 0 Å². The molecule has 0 radical (unpaired) electrons. The summed E-state index contributed by atoms with van der Waals surface area (Å²) in [6.07, 6.45) is 37.0. The van der Waals surface area contributed by atoms with Gasteiger partial charge in [-0.25, -0.2) is 4.57 Å². The third kappa shape index (κ3) is 35.1. The van der Waals surface area contributed by atoms with Crippen LogP contribution in [0.4, 0.5) is 0 Å². The fourth-order valence-corrected chi connectivity index (χ4v) is 5.24. The van der Waals surface area contributed by atoms with Crippen LogP contribution in [0.2, 0.25) is 0 Å². The first-order chi connectivity index (χ1) is 22.8. The Hall–Kier alpha value is -2.03. The molecule has 0 aromatic rings. The molecular formula is C37H66NO8P. The molecule has 0 bridgehead atoms. The van der Waals surface area contributed by atoms with Gasteiger partial charge in [0.25, 0.3) is 0 Å². The van der Waals surface area contributed by atoms with E-state index in [-0.39, 0.29) is 32.1 Å². The van der Waals surface area contributed by atoms with Gasteiger partial charge in [0.05, 0.1) is 13.2 Å². The molecule has 0 saturated carbocycles. The number of nitrogens with one attached hydrogen (secondary N) is 1. The third-order valence-corrected chi connectivity index (χ3v) is 8.25.